The molecule has 0 saturated heterocycles. The molecular weight excluding hydrogens is 216 g/mol. The van der Waals surface area contributed by atoms with Crippen molar-refractivity contribution >= 4 is 11.5 Å². The van der Waals surface area contributed by atoms with E-state index in [4.69, 9.17) is 0 Å². The maximum atomic E-state index is 4.07. The summed E-state index contributed by atoms with van der Waals surface area (Å²) < 4.78 is 1.62. The second-order valence-electron chi connectivity index (χ2n) is 3.58. The van der Waals surface area contributed by atoms with Crippen molar-refractivity contribution in [1.82, 2.24) is 25.0 Å². The van der Waals surface area contributed by atoms with Crippen LogP contribution in [0.1, 0.15) is 5.56 Å². The van der Waals surface area contributed by atoms with Crippen LogP contribution in [-0.4, -0.2) is 25.0 Å². The van der Waals surface area contributed by atoms with E-state index < -0.39 is 0 Å². The van der Waals surface area contributed by atoms with E-state index in [-0.39, 0.29) is 0 Å². The van der Waals surface area contributed by atoms with Gasteiger partial charge in [-0.15, -0.1) is 5.10 Å². The van der Waals surface area contributed by atoms with Crippen molar-refractivity contribution in [3.05, 3.63) is 48.3 Å². The Hall–Kier alpha value is -2.50. The van der Waals surface area contributed by atoms with Gasteiger partial charge in [-0.2, -0.15) is 4.52 Å². The van der Waals surface area contributed by atoms with Gasteiger partial charge in [0.1, 0.15) is 0 Å². The van der Waals surface area contributed by atoms with Crippen LogP contribution in [0.5, 0.6) is 0 Å². The fraction of sp³-hybridized carbons (Fsp3) is 0.0909. The lowest BCUT2D eigenvalue weighted by molar-refractivity contribution is 0.819. The number of benzene rings is 1. The minimum atomic E-state index is 0.628. The van der Waals surface area contributed by atoms with Gasteiger partial charge in [-0.1, -0.05) is 30.3 Å². The minimum Gasteiger partial charge on any atom is -0.365 e. The second kappa shape index (κ2) is 4.17. The summed E-state index contributed by atoms with van der Waals surface area (Å²) in [6, 6.07) is 10.1. The minimum absolute atomic E-state index is 0.628. The largest absolute Gasteiger partial charge is 0.365 e. The lowest BCUT2D eigenvalue weighted by Gasteiger charge is -2.06. The third kappa shape index (κ3) is 1.92. The van der Waals surface area contributed by atoms with Gasteiger partial charge in [0.25, 0.3) is 0 Å². The van der Waals surface area contributed by atoms with Gasteiger partial charge in [-0.3, -0.25) is 4.98 Å². The molecule has 6 nitrogen and oxygen atoms in total. The molecule has 0 unspecified atom stereocenters. The molecule has 17 heavy (non-hydrogen) atoms. The lowest BCUT2D eigenvalue weighted by atomic mass is 10.2. The van der Waals surface area contributed by atoms with Gasteiger partial charge in [-0.05, 0) is 16.0 Å². The zero-order chi connectivity index (χ0) is 11.5. The molecule has 3 aromatic rings. The highest BCUT2D eigenvalue weighted by Gasteiger charge is 2.02. The molecule has 3 rings (SSSR count). The van der Waals surface area contributed by atoms with Crippen molar-refractivity contribution in [3.63, 3.8) is 0 Å². The van der Waals surface area contributed by atoms with Gasteiger partial charge in [0, 0.05) is 6.54 Å². The number of nitrogens with one attached hydrogen (secondary N) is 1. The fourth-order valence-electron chi connectivity index (χ4n) is 1.58. The monoisotopic (exact) mass is 226 g/mol. The van der Waals surface area contributed by atoms with Gasteiger partial charge in [-0.25, -0.2) is 0 Å². The first-order chi connectivity index (χ1) is 8.43. The number of nitrogens with zero attached hydrogens (tertiary/aromatic N) is 5. The maximum Gasteiger partial charge on any atom is 0.199 e. The van der Waals surface area contributed by atoms with Crippen LogP contribution < -0.4 is 5.32 Å². The third-order valence-electron chi connectivity index (χ3n) is 2.43. The maximum absolute atomic E-state index is 4.07. The Labute approximate surface area is 97.3 Å². The van der Waals surface area contributed by atoms with Crippen molar-refractivity contribution in [1.29, 1.82) is 0 Å². The highest BCUT2D eigenvalue weighted by atomic mass is 15.5. The predicted molar refractivity (Wildman–Crippen MR) is 62.3 cm³/mol. The van der Waals surface area contributed by atoms with Crippen molar-refractivity contribution in [2.45, 2.75) is 6.54 Å². The number of hydrogen-bond acceptors (Lipinski definition) is 5. The Morgan fingerprint density at radius 2 is 2.00 bits per heavy atom. The summed E-state index contributed by atoms with van der Waals surface area (Å²) in [6.45, 7) is 0.710. The van der Waals surface area contributed by atoms with Crippen LogP contribution in [0, 0.1) is 0 Å². The molecular formula is C11H10N6. The molecule has 0 amide bonds. The summed E-state index contributed by atoms with van der Waals surface area (Å²) in [5.74, 6) is 0.774. The van der Waals surface area contributed by atoms with E-state index in [1.807, 2.05) is 18.2 Å². The molecule has 0 spiro atoms. The van der Waals surface area contributed by atoms with E-state index in [0.29, 0.717) is 12.2 Å². The summed E-state index contributed by atoms with van der Waals surface area (Å²) in [5, 5.41) is 14.6. The van der Waals surface area contributed by atoms with E-state index in [0.717, 1.165) is 5.82 Å². The van der Waals surface area contributed by atoms with Gasteiger partial charge in [0.05, 0.1) is 12.4 Å². The van der Waals surface area contributed by atoms with Crippen LogP contribution >= 0.6 is 0 Å². The molecule has 1 N–H and O–H groups in total. The molecule has 0 aliphatic rings. The third-order valence-corrected chi connectivity index (χ3v) is 2.43. The van der Waals surface area contributed by atoms with Gasteiger partial charge in [0.2, 0.25) is 0 Å². The number of anilines is 1. The standard InChI is InChI=1S/C11H10N6/c1-2-4-9(5-3-1)6-13-10-7-12-8-11-14-15-16-17(10)11/h1-5,7-8,13H,6H2. The van der Waals surface area contributed by atoms with E-state index in [1.165, 1.54) is 5.56 Å². The molecule has 0 fully saturated rings. The second-order valence-corrected chi connectivity index (χ2v) is 3.58. The molecule has 6 heteroatoms. The first-order valence-corrected chi connectivity index (χ1v) is 5.23. The Morgan fingerprint density at radius 3 is 2.88 bits per heavy atom. The van der Waals surface area contributed by atoms with E-state index in [9.17, 15) is 0 Å². The summed E-state index contributed by atoms with van der Waals surface area (Å²) in [7, 11) is 0. The van der Waals surface area contributed by atoms with Crippen molar-refractivity contribution in [2.24, 2.45) is 0 Å². The van der Waals surface area contributed by atoms with E-state index >= 15 is 0 Å². The lowest BCUT2D eigenvalue weighted by Crippen LogP contribution is -2.05. The van der Waals surface area contributed by atoms with Crippen LogP contribution in [-0.2, 0) is 6.54 Å². The molecule has 84 valence electrons. The number of fused-ring (bicyclic) bond motifs is 1. The summed E-state index contributed by atoms with van der Waals surface area (Å²) in [5.41, 5.74) is 1.82. The van der Waals surface area contributed by atoms with Crippen molar-refractivity contribution in [2.75, 3.05) is 5.32 Å². The van der Waals surface area contributed by atoms with Crippen molar-refractivity contribution < 1.29 is 0 Å². The topological polar surface area (TPSA) is 68.0 Å². The van der Waals surface area contributed by atoms with Crippen LogP contribution in [0.15, 0.2) is 42.7 Å². The molecule has 0 saturated carbocycles. The smallest absolute Gasteiger partial charge is 0.199 e. The van der Waals surface area contributed by atoms with Crippen LogP contribution in [0.4, 0.5) is 5.82 Å². The zero-order valence-electron chi connectivity index (χ0n) is 8.98. The molecule has 0 aliphatic heterocycles. The summed E-state index contributed by atoms with van der Waals surface area (Å²) in [4.78, 5) is 4.07. The molecule has 0 bridgehead atoms. The van der Waals surface area contributed by atoms with Gasteiger partial charge in [0.15, 0.2) is 11.5 Å². The van der Waals surface area contributed by atoms with Crippen LogP contribution in [0.2, 0.25) is 0 Å². The summed E-state index contributed by atoms with van der Waals surface area (Å²) >= 11 is 0. The average Bonchev–Trinajstić information content (AvgIpc) is 2.86. The quantitative estimate of drug-likeness (QED) is 0.725. The SMILES string of the molecule is c1ccc(CNc2cncc3nnnn23)cc1. The van der Waals surface area contributed by atoms with Crippen LogP contribution in [0.3, 0.4) is 0 Å². The Kier molecular flexibility index (Phi) is 2.38. The predicted octanol–water partition coefficient (Wildman–Crippen LogP) is 1.13. The first-order valence-electron chi connectivity index (χ1n) is 5.23. The van der Waals surface area contributed by atoms with Gasteiger partial charge < -0.3 is 5.32 Å². The molecule has 2 aromatic heterocycles. The molecule has 0 aliphatic carbocycles. The fourth-order valence-corrected chi connectivity index (χ4v) is 1.58. The Balaban J connectivity index is 1.84. The first kappa shape index (κ1) is 9.71. The van der Waals surface area contributed by atoms with Gasteiger partial charge >= 0.3 is 0 Å². The van der Waals surface area contributed by atoms with Crippen molar-refractivity contribution in [3.8, 4) is 0 Å². The number of hydrogen-bond donors (Lipinski definition) is 1. The Morgan fingerprint density at radius 1 is 1.12 bits per heavy atom. The molecule has 0 atom stereocenters. The van der Waals surface area contributed by atoms with E-state index in [2.05, 4.69) is 38.0 Å². The molecule has 1 aromatic carbocycles. The highest BCUT2D eigenvalue weighted by Crippen LogP contribution is 2.08. The molecule has 2 heterocycles. The van der Waals surface area contributed by atoms with E-state index in [1.54, 1.807) is 16.9 Å². The van der Waals surface area contributed by atoms with Crippen LogP contribution in [0.25, 0.3) is 5.65 Å². The number of tetrazole rings is 1. The number of rotatable bonds is 3. The normalized spacial score (nSPS) is 10.6. The molecule has 0 radical (unpaired) electrons. The summed E-state index contributed by atoms with van der Waals surface area (Å²) in [6.07, 6.45) is 3.32. The average molecular weight is 226 g/mol. The highest BCUT2D eigenvalue weighted by molar-refractivity contribution is 5.44. The number of aromatic nitrogens is 5. The zero-order valence-corrected chi connectivity index (χ0v) is 8.98. The Bertz CT molecular complexity index is 618.